The van der Waals surface area contributed by atoms with E-state index in [0.29, 0.717) is 17.9 Å². The number of hydrogen-bond acceptors (Lipinski definition) is 3. The molecule has 0 saturated heterocycles. The van der Waals surface area contributed by atoms with E-state index >= 15 is 0 Å². The molecular formula is C16H19F2N3. The number of benzene rings is 1. The summed E-state index contributed by atoms with van der Waals surface area (Å²) in [6, 6.07) is 4.14. The van der Waals surface area contributed by atoms with Gasteiger partial charge >= 0.3 is 0 Å². The third-order valence-electron chi connectivity index (χ3n) is 3.19. The fourth-order valence-corrected chi connectivity index (χ4v) is 2.21. The summed E-state index contributed by atoms with van der Waals surface area (Å²) < 4.78 is 27.5. The number of hydrogen-bond donors (Lipinski definition) is 1. The SMILES string of the molecule is CCCNc1ncnc(-c2cccc(F)c2F)c1CCC. The number of nitrogens with zero attached hydrogens (tertiary/aromatic N) is 2. The Bertz CT molecular complexity index is 614. The summed E-state index contributed by atoms with van der Waals surface area (Å²) in [4.78, 5) is 8.42. The largest absolute Gasteiger partial charge is 0.370 e. The van der Waals surface area contributed by atoms with E-state index in [1.165, 1.54) is 12.4 Å². The predicted molar refractivity (Wildman–Crippen MR) is 80.2 cm³/mol. The van der Waals surface area contributed by atoms with E-state index in [1.54, 1.807) is 6.07 Å². The second-order valence-corrected chi connectivity index (χ2v) is 4.83. The number of halogens is 2. The first-order valence-electron chi connectivity index (χ1n) is 7.21. The third kappa shape index (κ3) is 3.35. The summed E-state index contributed by atoms with van der Waals surface area (Å²) >= 11 is 0. The first-order valence-corrected chi connectivity index (χ1v) is 7.21. The molecular weight excluding hydrogens is 272 g/mol. The van der Waals surface area contributed by atoms with Gasteiger partial charge in [-0.05, 0) is 25.0 Å². The maximum absolute atomic E-state index is 14.0. The topological polar surface area (TPSA) is 37.8 Å². The lowest BCUT2D eigenvalue weighted by Gasteiger charge is -2.14. The monoisotopic (exact) mass is 291 g/mol. The second kappa shape index (κ2) is 7.11. The number of anilines is 1. The zero-order chi connectivity index (χ0) is 15.2. The zero-order valence-corrected chi connectivity index (χ0v) is 12.3. The Labute approximate surface area is 123 Å². The number of aromatic nitrogens is 2. The smallest absolute Gasteiger partial charge is 0.168 e. The summed E-state index contributed by atoms with van der Waals surface area (Å²) in [5, 5.41) is 3.22. The number of nitrogens with one attached hydrogen (secondary N) is 1. The Morgan fingerprint density at radius 1 is 1.10 bits per heavy atom. The molecule has 5 heteroatoms. The molecule has 1 aromatic carbocycles. The fourth-order valence-electron chi connectivity index (χ4n) is 2.21. The average molecular weight is 291 g/mol. The van der Waals surface area contributed by atoms with E-state index in [2.05, 4.69) is 22.2 Å². The van der Waals surface area contributed by atoms with E-state index in [-0.39, 0.29) is 5.56 Å². The van der Waals surface area contributed by atoms with Crippen molar-refractivity contribution in [3.05, 3.63) is 41.7 Å². The first-order chi connectivity index (χ1) is 10.2. The normalized spacial score (nSPS) is 10.7. The van der Waals surface area contributed by atoms with Gasteiger partial charge in [0.1, 0.15) is 12.1 Å². The lowest BCUT2D eigenvalue weighted by molar-refractivity contribution is 0.511. The van der Waals surface area contributed by atoms with Crippen LogP contribution in [0.3, 0.4) is 0 Å². The lowest BCUT2D eigenvalue weighted by atomic mass is 10.0. The molecule has 21 heavy (non-hydrogen) atoms. The Morgan fingerprint density at radius 2 is 1.90 bits per heavy atom. The van der Waals surface area contributed by atoms with Gasteiger partial charge in [-0.1, -0.05) is 26.3 Å². The first kappa shape index (κ1) is 15.4. The standard InChI is InChI=1S/C16H19F2N3/c1-3-6-12-15(11-7-5-8-13(17)14(11)18)20-10-21-16(12)19-9-4-2/h5,7-8,10H,3-4,6,9H2,1-2H3,(H,19,20,21). The minimum absolute atomic E-state index is 0.181. The van der Waals surface area contributed by atoms with E-state index in [0.717, 1.165) is 31.0 Å². The van der Waals surface area contributed by atoms with Crippen molar-refractivity contribution >= 4 is 5.82 Å². The molecule has 1 heterocycles. The van der Waals surface area contributed by atoms with Crippen molar-refractivity contribution in [3.63, 3.8) is 0 Å². The molecule has 1 aromatic heterocycles. The molecule has 0 fully saturated rings. The maximum atomic E-state index is 14.0. The average Bonchev–Trinajstić information content (AvgIpc) is 2.49. The molecule has 1 N–H and O–H groups in total. The predicted octanol–water partition coefficient (Wildman–Crippen LogP) is 4.20. The number of rotatable bonds is 6. The van der Waals surface area contributed by atoms with Gasteiger partial charge in [-0.3, -0.25) is 0 Å². The van der Waals surface area contributed by atoms with Gasteiger partial charge < -0.3 is 5.32 Å². The van der Waals surface area contributed by atoms with Gasteiger partial charge in [-0.2, -0.15) is 0 Å². The van der Waals surface area contributed by atoms with Gasteiger partial charge in [0, 0.05) is 17.7 Å². The third-order valence-corrected chi connectivity index (χ3v) is 3.19. The van der Waals surface area contributed by atoms with Crippen LogP contribution in [0.5, 0.6) is 0 Å². The molecule has 0 amide bonds. The molecule has 0 aliphatic heterocycles. The van der Waals surface area contributed by atoms with E-state index in [9.17, 15) is 8.78 Å². The highest BCUT2D eigenvalue weighted by molar-refractivity contribution is 5.68. The van der Waals surface area contributed by atoms with Crippen LogP contribution >= 0.6 is 0 Å². The Hall–Kier alpha value is -2.04. The van der Waals surface area contributed by atoms with Crippen molar-refractivity contribution in [2.24, 2.45) is 0 Å². The molecule has 0 aliphatic rings. The quantitative estimate of drug-likeness (QED) is 0.867. The Balaban J connectivity index is 2.54. The van der Waals surface area contributed by atoms with Gasteiger partial charge in [0.25, 0.3) is 0 Å². The molecule has 0 atom stereocenters. The van der Waals surface area contributed by atoms with Crippen LogP contribution < -0.4 is 5.32 Å². The van der Waals surface area contributed by atoms with Crippen LogP contribution in [0, 0.1) is 11.6 Å². The van der Waals surface area contributed by atoms with Crippen LogP contribution in [0.4, 0.5) is 14.6 Å². The Kier molecular flexibility index (Phi) is 5.20. The maximum Gasteiger partial charge on any atom is 0.168 e. The van der Waals surface area contributed by atoms with Crippen LogP contribution in [0.25, 0.3) is 11.3 Å². The highest BCUT2D eigenvalue weighted by atomic mass is 19.2. The van der Waals surface area contributed by atoms with Gasteiger partial charge in [0.15, 0.2) is 11.6 Å². The molecule has 0 spiro atoms. The highest BCUT2D eigenvalue weighted by Crippen LogP contribution is 2.29. The molecule has 0 radical (unpaired) electrons. The molecule has 0 saturated carbocycles. The van der Waals surface area contributed by atoms with E-state index < -0.39 is 11.6 Å². The molecule has 2 aromatic rings. The van der Waals surface area contributed by atoms with Gasteiger partial charge in [-0.25, -0.2) is 18.7 Å². The van der Waals surface area contributed by atoms with Gasteiger partial charge in [0.05, 0.1) is 5.69 Å². The molecule has 0 unspecified atom stereocenters. The van der Waals surface area contributed by atoms with Crippen molar-refractivity contribution < 1.29 is 8.78 Å². The van der Waals surface area contributed by atoms with Gasteiger partial charge in [0.2, 0.25) is 0 Å². The summed E-state index contributed by atoms with van der Waals surface area (Å²) in [6.07, 6.45) is 3.92. The molecule has 3 nitrogen and oxygen atoms in total. The minimum atomic E-state index is -0.866. The zero-order valence-electron chi connectivity index (χ0n) is 12.3. The molecule has 0 bridgehead atoms. The second-order valence-electron chi connectivity index (χ2n) is 4.83. The Morgan fingerprint density at radius 3 is 2.62 bits per heavy atom. The van der Waals surface area contributed by atoms with Crippen molar-refractivity contribution in [3.8, 4) is 11.3 Å². The van der Waals surface area contributed by atoms with Crippen molar-refractivity contribution in [2.75, 3.05) is 11.9 Å². The minimum Gasteiger partial charge on any atom is -0.370 e. The van der Waals surface area contributed by atoms with E-state index in [4.69, 9.17) is 0 Å². The van der Waals surface area contributed by atoms with Crippen molar-refractivity contribution in [1.29, 1.82) is 0 Å². The highest BCUT2D eigenvalue weighted by Gasteiger charge is 2.17. The van der Waals surface area contributed by atoms with Crippen LogP contribution in [0.1, 0.15) is 32.3 Å². The van der Waals surface area contributed by atoms with E-state index in [1.807, 2.05) is 6.92 Å². The van der Waals surface area contributed by atoms with Crippen LogP contribution in [0.2, 0.25) is 0 Å². The molecule has 2 rings (SSSR count). The fraction of sp³-hybridized carbons (Fsp3) is 0.375. The van der Waals surface area contributed by atoms with Crippen LogP contribution in [0.15, 0.2) is 24.5 Å². The molecule has 0 aliphatic carbocycles. The summed E-state index contributed by atoms with van der Waals surface area (Å²) in [5.41, 5.74) is 1.47. The van der Waals surface area contributed by atoms with Crippen LogP contribution in [-0.2, 0) is 6.42 Å². The summed E-state index contributed by atoms with van der Waals surface area (Å²) in [7, 11) is 0. The van der Waals surface area contributed by atoms with Crippen molar-refractivity contribution in [2.45, 2.75) is 33.1 Å². The molecule has 112 valence electrons. The van der Waals surface area contributed by atoms with Crippen LogP contribution in [-0.4, -0.2) is 16.5 Å². The summed E-state index contributed by atoms with van der Waals surface area (Å²) in [6.45, 7) is 4.86. The van der Waals surface area contributed by atoms with Crippen molar-refractivity contribution in [1.82, 2.24) is 9.97 Å². The van der Waals surface area contributed by atoms with Gasteiger partial charge in [-0.15, -0.1) is 0 Å². The summed E-state index contributed by atoms with van der Waals surface area (Å²) in [5.74, 6) is -1.03. The lowest BCUT2D eigenvalue weighted by Crippen LogP contribution is -2.08.